The fourth-order valence-corrected chi connectivity index (χ4v) is 3.84. The van der Waals surface area contributed by atoms with Gasteiger partial charge >= 0.3 is 0 Å². The Labute approximate surface area is 161 Å². The Hall–Kier alpha value is 0. The van der Waals surface area contributed by atoms with E-state index < -0.39 is 0 Å². The minimum Gasteiger partial charge on any atom is -0.0654 e. The number of unbranched alkanes of at least 4 members (excludes halogenated alkanes) is 15. The van der Waals surface area contributed by atoms with Gasteiger partial charge in [0.05, 0.1) is 0 Å². The van der Waals surface area contributed by atoms with Gasteiger partial charge in [0, 0.05) is 0 Å². The molecule has 0 saturated carbocycles. The molecular formula is C25H51. The Morgan fingerprint density at radius 3 is 0.840 bits per heavy atom. The van der Waals surface area contributed by atoms with Crippen molar-refractivity contribution in [2.45, 2.75) is 156 Å². The zero-order valence-electron chi connectivity index (χ0n) is 18.3. The first-order chi connectivity index (χ1) is 12.3. The Bertz CT molecular complexity index is 206. The van der Waals surface area contributed by atoms with E-state index in [1.165, 1.54) is 135 Å². The SMILES string of the molecule is CCCCCCCCCC[C](CCCCCCC)CCCCCCC. The molecule has 0 aliphatic rings. The second-order valence-corrected chi connectivity index (χ2v) is 8.30. The number of hydrogen-bond acceptors (Lipinski definition) is 0. The van der Waals surface area contributed by atoms with E-state index >= 15 is 0 Å². The molecule has 0 aliphatic heterocycles. The molecule has 0 heteroatoms. The lowest BCUT2D eigenvalue weighted by atomic mass is 9.89. The highest BCUT2D eigenvalue weighted by molar-refractivity contribution is 4.89. The molecule has 0 spiro atoms. The lowest BCUT2D eigenvalue weighted by molar-refractivity contribution is 0.513. The fourth-order valence-electron chi connectivity index (χ4n) is 3.84. The zero-order chi connectivity index (χ0) is 18.4. The molecule has 25 heavy (non-hydrogen) atoms. The van der Waals surface area contributed by atoms with Crippen LogP contribution in [0.15, 0.2) is 0 Å². The van der Waals surface area contributed by atoms with E-state index in [1.54, 1.807) is 0 Å². The zero-order valence-corrected chi connectivity index (χ0v) is 18.3. The molecule has 0 saturated heterocycles. The van der Waals surface area contributed by atoms with Gasteiger partial charge < -0.3 is 0 Å². The van der Waals surface area contributed by atoms with E-state index in [0.717, 1.165) is 0 Å². The second-order valence-electron chi connectivity index (χ2n) is 8.30. The number of rotatable bonds is 21. The van der Waals surface area contributed by atoms with Gasteiger partial charge in [-0.3, -0.25) is 0 Å². The highest BCUT2D eigenvalue weighted by Gasteiger charge is 2.09. The molecule has 0 unspecified atom stereocenters. The third kappa shape index (κ3) is 20.2. The van der Waals surface area contributed by atoms with Crippen molar-refractivity contribution in [3.05, 3.63) is 5.92 Å². The largest absolute Gasteiger partial charge is 0.0654 e. The fraction of sp³-hybridized carbons (Fsp3) is 0.960. The van der Waals surface area contributed by atoms with Gasteiger partial charge in [-0.05, 0) is 25.2 Å². The third-order valence-electron chi connectivity index (χ3n) is 5.65. The average molecular weight is 352 g/mol. The molecule has 0 aromatic rings. The van der Waals surface area contributed by atoms with E-state index in [0.29, 0.717) is 0 Å². The van der Waals surface area contributed by atoms with Gasteiger partial charge in [-0.2, -0.15) is 0 Å². The lowest BCUT2D eigenvalue weighted by Crippen LogP contribution is -1.99. The van der Waals surface area contributed by atoms with Crippen molar-refractivity contribution >= 4 is 0 Å². The molecule has 0 N–H and O–H groups in total. The van der Waals surface area contributed by atoms with Crippen LogP contribution in [0.4, 0.5) is 0 Å². The lowest BCUT2D eigenvalue weighted by Gasteiger charge is -2.16. The molecule has 0 aromatic heterocycles. The maximum absolute atomic E-state index is 2.32. The molecular weight excluding hydrogens is 300 g/mol. The van der Waals surface area contributed by atoms with Crippen LogP contribution in [0.5, 0.6) is 0 Å². The molecule has 0 nitrogen and oxygen atoms in total. The summed E-state index contributed by atoms with van der Waals surface area (Å²) in [5.41, 5.74) is 0. The summed E-state index contributed by atoms with van der Waals surface area (Å²) in [6, 6.07) is 0. The van der Waals surface area contributed by atoms with Crippen LogP contribution in [0.25, 0.3) is 0 Å². The number of hydrogen-bond donors (Lipinski definition) is 0. The van der Waals surface area contributed by atoms with Crippen molar-refractivity contribution in [2.75, 3.05) is 0 Å². The van der Waals surface area contributed by atoms with E-state index in [2.05, 4.69) is 20.8 Å². The molecule has 0 aromatic carbocycles. The Kier molecular flexibility index (Phi) is 22.0. The third-order valence-corrected chi connectivity index (χ3v) is 5.65. The van der Waals surface area contributed by atoms with Gasteiger partial charge in [-0.1, -0.05) is 136 Å². The van der Waals surface area contributed by atoms with Gasteiger partial charge in [-0.25, -0.2) is 0 Å². The van der Waals surface area contributed by atoms with Gasteiger partial charge in [0.25, 0.3) is 0 Å². The van der Waals surface area contributed by atoms with Gasteiger partial charge in [0.15, 0.2) is 0 Å². The van der Waals surface area contributed by atoms with Crippen LogP contribution < -0.4 is 0 Å². The highest BCUT2D eigenvalue weighted by Crippen LogP contribution is 2.26. The molecule has 0 rings (SSSR count). The molecule has 151 valence electrons. The topological polar surface area (TPSA) is 0 Å². The molecule has 0 atom stereocenters. The predicted octanol–water partition coefficient (Wildman–Crippen LogP) is 9.81. The maximum Gasteiger partial charge on any atom is -0.0241 e. The summed E-state index contributed by atoms with van der Waals surface area (Å²) in [4.78, 5) is 0. The quantitative estimate of drug-likeness (QED) is 0.180. The van der Waals surface area contributed by atoms with Crippen LogP contribution in [0.2, 0.25) is 0 Å². The van der Waals surface area contributed by atoms with Crippen molar-refractivity contribution in [1.82, 2.24) is 0 Å². The first-order valence-corrected chi connectivity index (χ1v) is 12.2. The smallest absolute Gasteiger partial charge is 0.0241 e. The van der Waals surface area contributed by atoms with Crippen molar-refractivity contribution in [1.29, 1.82) is 0 Å². The second kappa shape index (κ2) is 22.0. The van der Waals surface area contributed by atoms with E-state index in [4.69, 9.17) is 0 Å². The van der Waals surface area contributed by atoms with Crippen LogP contribution in [0.1, 0.15) is 156 Å². The van der Waals surface area contributed by atoms with Crippen LogP contribution >= 0.6 is 0 Å². The van der Waals surface area contributed by atoms with Crippen molar-refractivity contribution < 1.29 is 0 Å². The van der Waals surface area contributed by atoms with Crippen LogP contribution in [-0.2, 0) is 0 Å². The predicted molar refractivity (Wildman–Crippen MR) is 117 cm³/mol. The summed E-state index contributed by atoms with van der Waals surface area (Å²) in [6.45, 7) is 6.94. The summed E-state index contributed by atoms with van der Waals surface area (Å²) in [7, 11) is 0. The summed E-state index contributed by atoms with van der Waals surface area (Å²) in [6.07, 6.45) is 30.3. The molecule has 0 aliphatic carbocycles. The average Bonchev–Trinajstić information content (AvgIpc) is 2.62. The van der Waals surface area contributed by atoms with Gasteiger partial charge in [-0.15, -0.1) is 0 Å². The van der Waals surface area contributed by atoms with E-state index in [9.17, 15) is 0 Å². The highest BCUT2D eigenvalue weighted by atomic mass is 14.1. The Balaban J connectivity index is 3.71. The van der Waals surface area contributed by atoms with Gasteiger partial charge in [0.1, 0.15) is 0 Å². The minimum atomic E-state index is 1.37. The van der Waals surface area contributed by atoms with Crippen LogP contribution in [0, 0.1) is 5.92 Å². The summed E-state index contributed by atoms with van der Waals surface area (Å²) >= 11 is 0. The summed E-state index contributed by atoms with van der Waals surface area (Å²) in [5.74, 6) is 1.92. The first-order valence-electron chi connectivity index (χ1n) is 12.2. The van der Waals surface area contributed by atoms with Crippen molar-refractivity contribution in [3.8, 4) is 0 Å². The molecule has 0 fully saturated rings. The molecule has 0 amide bonds. The van der Waals surface area contributed by atoms with Crippen LogP contribution in [0.3, 0.4) is 0 Å². The molecule has 0 bridgehead atoms. The van der Waals surface area contributed by atoms with E-state index in [-0.39, 0.29) is 0 Å². The summed E-state index contributed by atoms with van der Waals surface area (Å²) in [5, 5.41) is 0. The minimum absolute atomic E-state index is 1.37. The summed E-state index contributed by atoms with van der Waals surface area (Å²) < 4.78 is 0. The monoisotopic (exact) mass is 351 g/mol. The van der Waals surface area contributed by atoms with Crippen LogP contribution in [-0.4, -0.2) is 0 Å². The van der Waals surface area contributed by atoms with Crippen molar-refractivity contribution in [2.24, 2.45) is 0 Å². The van der Waals surface area contributed by atoms with Gasteiger partial charge in [0.2, 0.25) is 0 Å². The normalized spacial score (nSPS) is 11.5. The Morgan fingerprint density at radius 1 is 0.320 bits per heavy atom. The van der Waals surface area contributed by atoms with E-state index in [1.807, 2.05) is 5.92 Å². The molecule has 1 radical (unpaired) electrons. The Morgan fingerprint density at radius 2 is 0.560 bits per heavy atom. The molecule has 0 heterocycles. The van der Waals surface area contributed by atoms with Crippen molar-refractivity contribution in [3.63, 3.8) is 0 Å². The maximum atomic E-state index is 2.32. The standard InChI is InChI=1S/C25H51/c1-4-7-10-13-14-15-18-21-24-25(22-19-16-11-8-5-2)23-20-17-12-9-6-3/h4-24H2,1-3H3. The first kappa shape index (κ1) is 25.0.